The molecule has 0 fully saturated rings. The number of fused-ring (bicyclic) bond motifs is 3. The summed E-state index contributed by atoms with van der Waals surface area (Å²) in [6.45, 7) is 9.23. The highest BCUT2D eigenvalue weighted by atomic mass is 32.2. The van der Waals surface area contributed by atoms with Gasteiger partial charge in [-0.3, -0.25) is 9.59 Å². The van der Waals surface area contributed by atoms with Gasteiger partial charge in [0.05, 0.1) is 10.3 Å². The number of thioether (sulfide) groups is 1. The van der Waals surface area contributed by atoms with Gasteiger partial charge in [-0.05, 0) is 90.4 Å². The lowest BCUT2D eigenvalue weighted by Gasteiger charge is -2.36. The van der Waals surface area contributed by atoms with Gasteiger partial charge >= 0.3 is 18.0 Å². The molecule has 1 aliphatic carbocycles. The van der Waals surface area contributed by atoms with Crippen molar-refractivity contribution in [2.45, 2.75) is 55.9 Å². The van der Waals surface area contributed by atoms with Gasteiger partial charge in [0.1, 0.15) is 24.9 Å². The van der Waals surface area contributed by atoms with Crippen LogP contribution in [0.15, 0.2) is 176 Å². The maximum absolute atomic E-state index is 15.2. The third-order valence-electron chi connectivity index (χ3n) is 11.2. The summed E-state index contributed by atoms with van der Waals surface area (Å²) in [5.74, 6) is -1.28. The minimum absolute atomic E-state index is 0.0388. The number of amides is 2. The molecular formula is C55H54N2O7S. The molecule has 0 unspecified atom stereocenters. The Kier molecular flexibility index (Phi) is 15.0. The van der Waals surface area contributed by atoms with Gasteiger partial charge in [0.15, 0.2) is 0 Å². The van der Waals surface area contributed by atoms with Crippen LogP contribution in [-0.2, 0) is 28.5 Å². The molecule has 0 aromatic heterocycles. The highest BCUT2D eigenvalue weighted by Gasteiger charge is 2.38. The number of hydrogen-bond donors (Lipinski definition) is 1. The Morgan fingerprint density at radius 1 is 0.692 bits per heavy atom. The molecule has 2 amide bonds. The number of carbonyl (C=O) groups is 4. The molecule has 1 atom stereocenters. The number of benzene rings is 6. The second-order valence-electron chi connectivity index (χ2n) is 16.7. The van der Waals surface area contributed by atoms with Gasteiger partial charge in [-0.15, -0.1) is 11.8 Å². The first-order chi connectivity index (χ1) is 31.5. The predicted molar refractivity (Wildman–Crippen MR) is 258 cm³/mol. The molecule has 7 rings (SSSR count). The number of ether oxygens (including phenoxy) is 3. The van der Waals surface area contributed by atoms with Gasteiger partial charge < -0.3 is 24.4 Å². The van der Waals surface area contributed by atoms with E-state index in [0.29, 0.717) is 17.0 Å². The van der Waals surface area contributed by atoms with Crippen LogP contribution in [0.25, 0.3) is 11.1 Å². The smallest absolute Gasteiger partial charge is 0.407 e. The number of nitrogens with zero attached hydrogens (tertiary/aromatic N) is 1. The molecule has 0 bridgehead atoms. The number of esters is 2. The summed E-state index contributed by atoms with van der Waals surface area (Å²) in [5.41, 5.74) is 7.51. The first kappa shape index (κ1) is 46.1. The van der Waals surface area contributed by atoms with Crippen LogP contribution in [0.4, 0.5) is 10.5 Å². The third-order valence-corrected chi connectivity index (χ3v) is 12.7. The van der Waals surface area contributed by atoms with E-state index >= 15 is 4.79 Å². The first-order valence-electron chi connectivity index (χ1n) is 21.8. The van der Waals surface area contributed by atoms with E-state index in [0.717, 1.165) is 38.9 Å². The van der Waals surface area contributed by atoms with E-state index in [4.69, 9.17) is 14.2 Å². The van der Waals surface area contributed by atoms with Crippen LogP contribution < -0.4 is 10.2 Å². The predicted octanol–water partition coefficient (Wildman–Crippen LogP) is 11.1. The standard InChI is InChI=1S/C55H54N2O7S/c1-5-36-62-52(60)39-29-31-43(32-30-39)57(35-37-65-55(40-19-9-6-10-20-40,41-21-11-7-12-22-41)42-23-13-8-14-24-42)51(59)49(33-34-50(58)64-54(2,3)4)56-53(61)63-38-48-46-27-17-15-25-44(46)45-26-16-18-28-47(45)48/h5-32,48-49H,1,33-38H2,2-4H3,(H,56,61)/t49-/m0/s1. The number of alkyl carbamates (subject to hydrolysis) is 1. The van der Waals surface area contributed by atoms with Gasteiger partial charge in [0, 0.05) is 30.3 Å². The Balaban J connectivity index is 1.20. The van der Waals surface area contributed by atoms with Crippen molar-refractivity contribution in [2.75, 3.05) is 30.4 Å². The molecule has 0 heterocycles. The quantitative estimate of drug-likeness (QED) is 0.0393. The summed E-state index contributed by atoms with van der Waals surface area (Å²) >= 11 is 1.68. The zero-order chi connectivity index (χ0) is 45.8. The normalized spacial score (nSPS) is 12.5. The van der Waals surface area contributed by atoms with Crippen molar-refractivity contribution in [1.29, 1.82) is 0 Å². The lowest BCUT2D eigenvalue weighted by Crippen LogP contribution is -2.50. The van der Waals surface area contributed by atoms with E-state index in [2.05, 4.69) is 60.4 Å². The zero-order valence-corrected chi connectivity index (χ0v) is 37.8. The van der Waals surface area contributed by atoms with Crippen molar-refractivity contribution < 1.29 is 33.4 Å². The summed E-state index contributed by atoms with van der Waals surface area (Å²) in [6, 6.07) is 52.3. The fraction of sp³-hybridized carbons (Fsp3) is 0.236. The van der Waals surface area contributed by atoms with Crippen LogP contribution in [0, 0.1) is 0 Å². The minimum Gasteiger partial charge on any atom is -0.460 e. The largest absolute Gasteiger partial charge is 0.460 e. The van der Waals surface area contributed by atoms with E-state index in [9.17, 15) is 14.4 Å². The van der Waals surface area contributed by atoms with E-state index in [1.54, 1.807) is 61.7 Å². The molecular weight excluding hydrogens is 833 g/mol. The van der Waals surface area contributed by atoms with E-state index in [-0.39, 0.29) is 38.5 Å². The van der Waals surface area contributed by atoms with Crippen LogP contribution in [0.1, 0.15) is 77.7 Å². The summed E-state index contributed by atoms with van der Waals surface area (Å²) in [5, 5.41) is 2.84. The van der Waals surface area contributed by atoms with Crippen LogP contribution in [0.5, 0.6) is 0 Å². The van der Waals surface area contributed by atoms with Crippen molar-refractivity contribution in [3.8, 4) is 11.1 Å². The van der Waals surface area contributed by atoms with Crippen LogP contribution in [-0.4, -0.2) is 61.1 Å². The number of nitrogens with one attached hydrogen (secondary N) is 1. The van der Waals surface area contributed by atoms with Crippen molar-refractivity contribution in [3.63, 3.8) is 0 Å². The molecule has 0 aliphatic heterocycles. The molecule has 9 nitrogen and oxygen atoms in total. The molecule has 0 saturated heterocycles. The summed E-state index contributed by atoms with van der Waals surface area (Å²) in [6.07, 6.45) is 0.495. The zero-order valence-electron chi connectivity index (χ0n) is 37.0. The maximum Gasteiger partial charge on any atom is 0.407 e. The van der Waals surface area contributed by atoms with Crippen LogP contribution >= 0.6 is 11.8 Å². The Morgan fingerprint density at radius 3 is 1.71 bits per heavy atom. The monoisotopic (exact) mass is 886 g/mol. The van der Waals surface area contributed by atoms with E-state index in [1.165, 1.54) is 6.08 Å². The highest BCUT2D eigenvalue weighted by Crippen LogP contribution is 2.49. The SMILES string of the molecule is C=CCOC(=O)c1ccc(N(CCSC(c2ccccc2)(c2ccccc2)c2ccccc2)C(=O)[C@H](CCC(=O)OC(C)(C)C)NC(=O)OCC2c3ccccc3-c3ccccc32)cc1. The molecule has 1 N–H and O–H groups in total. The van der Waals surface area contributed by atoms with Crippen LogP contribution in [0.2, 0.25) is 0 Å². The lowest BCUT2D eigenvalue weighted by atomic mass is 9.84. The molecule has 6 aromatic rings. The summed E-state index contributed by atoms with van der Waals surface area (Å²) in [4.78, 5) is 56.7. The van der Waals surface area contributed by atoms with Gasteiger partial charge in [-0.1, -0.05) is 152 Å². The van der Waals surface area contributed by atoms with Crippen molar-refractivity contribution in [1.82, 2.24) is 5.32 Å². The number of rotatable bonds is 18. The second kappa shape index (κ2) is 21.2. The van der Waals surface area contributed by atoms with Gasteiger partial charge in [-0.25, -0.2) is 9.59 Å². The molecule has 0 radical (unpaired) electrons. The van der Waals surface area contributed by atoms with Crippen LogP contribution in [0.3, 0.4) is 0 Å². The topological polar surface area (TPSA) is 111 Å². The fourth-order valence-electron chi connectivity index (χ4n) is 8.30. The Bertz CT molecular complexity index is 2430. The molecule has 1 aliphatic rings. The lowest BCUT2D eigenvalue weighted by molar-refractivity contribution is -0.155. The van der Waals surface area contributed by atoms with E-state index in [1.807, 2.05) is 91.0 Å². The van der Waals surface area contributed by atoms with Crippen molar-refractivity contribution in [2.24, 2.45) is 0 Å². The van der Waals surface area contributed by atoms with Crippen molar-refractivity contribution >= 4 is 41.4 Å². The Hall–Kier alpha value is -6.91. The maximum atomic E-state index is 15.2. The number of hydrogen-bond acceptors (Lipinski definition) is 8. The average molecular weight is 887 g/mol. The van der Waals surface area contributed by atoms with Gasteiger partial charge in [-0.2, -0.15) is 0 Å². The molecule has 6 aromatic carbocycles. The van der Waals surface area contributed by atoms with Gasteiger partial charge in [0.25, 0.3) is 0 Å². The van der Waals surface area contributed by atoms with Gasteiger partial charge in [0.2, 0.25) is 5.91 Å². The Labute approximate surface area is 385 Å². The molecule has 0 spiro atoms. The Morgan fingerprint density at radius 2 is 1.20 bits per heavy atom. The number of carbonyl (C=O) groups excluding carboxylic acids is 4. The fourth-order valence-corrected chi connectivity index (χ4v) is 9.79. The molecule has 65 heavy (non-hydrogen) atoms. The van der Waals surface area contributed by atoms with E-state index < -0.39 is 40.3 Å². The highest BCUT2D eigenvalue weighted by molar-refractivity contribution is 8.00. The number of anilines is 1. The second-order valence-corrected chi connectivity index (χ2v) is 18.0. The first-order valence-corrected chi connectivity index (χ1v) is 22.8. The third kappa shape index (κ3) is 11.1. The minimum atomic E-state index is -1.19. The molecule has 10 heteroatoms. The molecule has 0 saturated carbocycles. The molecule has 332 valence electrons. The van der Waals surface area contributed by atoms with Crippen molar-refractivity contribution in [3.05, 3.63) is 210 Å². The summed E-state index contributed by atoms with van der Waals surface area (Å²) in [7, 11) is 0. The average Bonchev–Trinajstić information content (AvgIpc) is 3.65. The summed E-state index contributed by atoms with van der Waals surface area (Å²) < 4.78 is 16.2.